The molecule has 0 saturated heterocycles. The minimum absolute atomic E-state index is 0.340. The number of aromatic nitrogens is 5. The maximum Gasteiger partial charge on any atom is 0.294 e. The fourth-order valence-electron chi connectivity index (χ4n) is 1.88. The molecule has 0 bridgehead atoms. The number of aryl methyl sites for hydroxylation is 2. The molecule has 3 heterocycles. The second-order valence-corrected chi connectivity index (χ2v) is 3.79. The number of rotatable bonds is 0. The van der Waals surface area contributed by atoms with Gasteiger partial charge in [-0.15, -0.1) is 5.10 Å². The van der Waals surface area contributed by atoms with Crippen molar-refractivity contribution in [3.63, 3.8) is 0 Å². The molecule has 0 radical (unpaired) electrons. The number of nitrogens with zero attached hydrogens (tertiary/aromatic N) is 5. The quantitative estimate of drug-likeness (QED) is 0.562. The fraction of sp³-hybridized carbons (Fsp3) is 0.200. The van der Waals surface area contributed by atoms with Gasteiger partial charge in [0.2, 0.25) is 0 Å². The third kappa shape index (κ3) is 1.22. The minimum Gasteiger partial charge on any atom is -0.425 e. The maximum atomic E-state index is 11.8. The zero-order valence-corrected chi connectivity index (χ0v) is 9.25. The first-order valence-electron chi connectivity index (χ1n) is 5.02. The van der Waals surface area contributed by atoms with Crippen LogP contribution in [0.4, 0.5) is 0 Å². The molecule has 7 nitrogen and oxygen atoms in total. The Balaban J connectivity index is 2.67. The highest BCUT2D eigenvalue weighted by Gasteiger charge is 2.12. The van der Waals surface area contributed by atoms with Crippen molar-refractivity contribution in [3.8, 4) is 0 Å². The van der Waals surface area contributed by atoms with Crippen molar-refractivity contribution in [3.05, 3.63) is 34.1 Å². The SMILES string of the molecule is Cc1nc2nc(C)c3c(=O)n(O)ccc3n2n1. The summed E-state index contributed by atoms with van der Waals surface area (Å²) in [6.07, 6.45) is 1.28. The van der Waals surface area contributed by atoms with Crippen molar-refractivity contribution in [1.82, 2.24) is 24.3 Å². The molecule has 3 aromatic rings. The van der Waals surface area contributed by atoms with Gasteiger partial charge in [-0.2, -0.15) is 14.2 Å². The van der Waals surface area contributed by atoms with Gasteiger partial charge in [0.25, 0.3) is 11.3 Å². The van der Waals surface area contributed by atoms with Crippen LogP contribution in [0.1, 0.15) is 11.5 Å². The topological polar surface area (TPSA) is 85.3 Å². The van der Waals surface area contributed by atoms with Gasteiger partial charge >= 0.3 is 0 Å². The average molecular weight is 231 g/mol. The molecule has 3 aromatic heterocycles. The maximum absolute atomic E-state index is 11.8. The van der Waals surface area contributed by atoms with Gasteiger partial charge in [-0.25, -0.2) is 4.98 Å². The third-order valence-electron chi connectivity index (χ3n) is 2.61. The Kier molecular flexibility index (Phi) is 1.74. The van der Waals surface area contributed by atoms with Crippen LogP contribution >= 0.6 is 0 Å². The third-order valence-corrected chi connectivity index (χ3v) is 2.61. The predicted molar refractivity (Wildman–Crippen MR) is 59.2 cm³/mol. The number of pyridine rings is 1. The van der Waals surface area contributed by atoms with Crippen LogP contribution < -0.4 is 5.56 Å². The van der Waals surface area contributed by atoms with Gasteiger partial charge in [-0.3, -0.25) is 4.79 Å². The van der Waals surface area contributed by atoms with Crippen molar-refractivity contribution >= 4 is 16.7 Å². The molecular weight excluding hydrogens is 222 g/mol. The van der Waals surface area contributed by atoms with E-state index in [9.17, 15) is 10.0 Å². The molecule has 7 heteroatoms. The van der Waals surface area contributed by atoms with Gasteiger partial charge < -0.3 is 5.21 Å². The predicted octanol–water partition coefficient (Wildman–Crippen LogP) is 0.293. The molecule has 3 rings (SSSR count). The summed E-state index contributed by atoms with van der Waals surface area (Å²) in [5, 5.41) is 13.9. The van der Waals surface area contributed by atoms with Crippen molar-refractivity contribution in [2.75, 3.05) is 0 Å². The Bertz CT molecular complexity index is 802. The van der Waals surface area contributed by atoms with Gasteiger partial charge in [0, 0.05) is 6.20 Å². The minimum atomic E-state index is -0.512. The molecule has 0 amide bonds. The van der Waals surface area contributed by atoms with Crippen molar-refractivity contribution in [2.45, 2.75) is 13.8 Å². The molecule has 0 aromatic carbocycles. The zero-order chi connectivity index (χ0) is 12.2. The first kappa shape index (κ1) is 9.76. The molecule has 0 unspecified atom stereocenters. The zero-order valence-electron chi connectivity index (χ0n) is 9.25. The van der Waals surface area contributed by atoms with Crippen LogP contribution in [-0.4, -0.2) is 29.5 Å². The summed E-state index contributed by atoms with van der Waals surface area (Å²) < 4.78 is 2.03. The van der Waals surface area contributed by atoms with Gasteiger partial charge in [-0.05, 0) is 19.9 Å². The molecule has 1 N–H and O–H groups in total. The Labute approximate surface area is 94.9 Å². The van der Waals surface area contributed by atoms with Crippen molar-refractivity contribution < 1.29 is 5.21 Å². The Morgan fingerprint density at radius 2 is 2.06 bits per heavy atom. The largest absolute Gasteiger partial charge is 0.425 e. The van der Waals surface area contributed by atoms with Crippen molar-refractivity contribution in [1.29, 1.82) is 0 Å². The summed E-state index contributed by atoms with van der Waals surface area (Å²) in [4.78, 5) is 20.1. The lowest BCUT2D eigenvalue weighted by atomic mass is 10.2. The van der Waals surface area contributed by atoms with E-state index < -0.39 is 5.56 Å². The highest BCUT2D eigenvalue weighted by molar-refractivity contribution is 5.81. The van der Waals surface area contributed by atoms with Crippen molar-refractivity contribution in [2.24, 2.45) is 0 Å². The fourth-order valence-corrected chi connectivity index (χ4v) is 1.88. The van der Waals surface area contributed by atoms with Crippen LogP contribution in [0.2, 0.25) is 0 Å². The lowest BCUT2D eigenvalue weighted by molar-refractivity contribution is 0.176. The van der Waals surface area contributed by atoms with E-state index in [2.05, 4.69) is 15.1 Å². The average Bonchev–Trinajstić information content (AvgIpc) is 2.63. The lowest BCUT2D eigenvalue weighted by Gasteiger charge is -2.03. The Hall–Kier alpha value is -2.44. The van der Waals surface area contributed by atoms with Gasteiger partial charge in [0.1, 0.15) is 5.82 Å². The molecule has 17 heavy (non-hydrogen) atoms. The smallest absolute Gasteiger partial charge is 0.294 e. The molecule has 0 atom stereocenters. The van der Waals surface area contributed by atoms with E-state index in [1.165, 1.54) is 10.7 Å². The molecule has 0 aliphatic carbocycles. The number of fused-ring (bicyclic) bond motifs is 3. The summed E-state index contributed by atoms with van der Waals surface area (Å²) in [5.74, 6) is 1.03. The van der Waals surface area contributed by atoms with Crippen LogP contribution in [0.25, 0.3) is 16.7 Å². The Morgan fingerprint density at radius 1 is 1.29 bits per heavy atom. The first-order chi connectivity index (χ1) is 8.08. The molecular formula is C10H9N5O2. The summed E-state index contributed by atoms with van der Waals surface area (Å²) in [7, 11) is 0. The summed E-state index contributed by atoms with van der Waals surface area (Å²) in [6.45, 7) is 3.46. The Morgan fingerprint density at radius 3 is 2.82 bits per heavy atom. The van der Waals surface area contributed by atoms with E-state index in [1.54, 1.807) is 19.9 Å². The molecule has 0 spiro atoms. The second kappa shape index (κ2) is 3.03. The van der Waals surface area contributed by atoms with E-state index in [0.717, 1.165) is 0 Å². The number of hydrogen-bond donors (Lipinski definition) is 1. The van der Waals surface area contributed by atoms with Crippen LogP contribution in [0.15, 0.2) is 17.1 Å². The molecule has 0 aliphatic heterocycles. The number of hydrogen-bond acceptors (Lipinski definition) is 5. The van der Waals surface area contributed by atoms with Crippen LogP contribution in [-0.2, 0) is 0 Å². The summed E-state index contributed by atoms with van der Waals surface area (Å²) >= 11 is 0. The molecule has 0 saturated carbocycles. The summed E-state index contributed by atoms with van der Waals surface area (Å²) in [5.41, 5.74) is 0.597. The van der Waals surface area contributed by atoms with E-state index in [1.807, 2.05) is 0 Å². The van der Waals surface area contributed by atoms with Crippen LogP contribution in [0.5, 0.6) is 0 Å². The molecule has 0 fully saturated rings. The molecule has 0 aliphatic rings. The van der Waals surface area contributed by atoms with E-state index >= 15 is 0 Å². The first-order valence-corrected chi connectivity index (χ1v) is 5.02. The van der Waals surface area contributed by atoms with E-state index in [-0.39, 0.29) is 0 Å². The highest BCUT2D eigenvalue weighted by atomic mass is 16.5. The second-order valence-electron chi connectivity index (χ2n) is 3.79. The molecule has 86 valence electrons. The standard InChI is InChI=1S/C10H9N5O2/c1-5-8-7(3-4-14(17)9(8)16)15-10(11-5)12-6(2)13-15/h3-4,17H,1-2H3. The van der Waals surface area contributed by atoms with E-state index in [4.69, 9.17) is 0 Å². The van der Waals surface area contributed by atoms with E-state index in [0.29, 0.717) is 32.9 Å². The van der Waals surface area contributed by atoms with Crippen LogP contribution in [0, 0.1) is 13.8 Å². The monoisotopic (exact) mass is 231 g/mol. The van der Waals surface area contributed by atoms with Gasteiger partial charge in [-0.1, -0.05) is 0 Å². The van der Waals surface area contributed by atoms with Gasteiger partial charge in [0.15, 0.2) is 0 Å². The summed E-state index contributed by atoms with van der Waals surface area (Å²) in [6, 6.07) is 1.60. The normalized spacial score (nSPS) is 11.4. The van der Waals surface area contributed by atoms with Crippen LogP contribution in [0.3, 0.4) is 0 Å². The lowest BCUT2D eigenvalue weighted by Crippen LogP contribution is -2.19. The highest BCUT2D eigenvalue weighted by Crippen LogP contribution is 2.13. The van der Waals surface area contributed by atoms with Gasteiger partial charge in [0.05, 0.1) is 16.6 Å².